The summed E-state index contributed by atoms with van der Waals surface area (Å²) in [6, 6.07) is 22.4. The number of nitrogens with one attached hydrogen (secondary N) is 1. The number of benzene rings is 3. The van der Waals surface area contributed by atoms with E-state index in [-0.39, 0.29) is 10.6 Å². The van der Waals surface area contributed by atoms with Crippen LogP contribution in [0.3, 0.4) is 0 Å². The van der Waals surface area contributed by atoms with Crippen LogP contribution in [0.2, 0.25) is 5.02 Å². The minimum Gasteiger partial charge on any atom is -0.341 e. The molecule has 31 heavy (non-hydrogen) atoms. The molecule has 1 aromatic heterocycles. The Kier molecular flexibility index (Phi) is 5.59. The number of nitrogens with zero attached hydrogens (tertiary/aromatic N) is 3. The van der Waals surface area contributed by atoms with Gasteiger partial charge in [-0.2, -0.15) is 18.1 Å². The number of aromatic amines is 1. The molecular weight excluding hydrogens is 432 g/mol. The molecule has 0 aliphatic heterocycles. The van der Waals surface area contributed by atoms with Gasteiger partial charge in [0.05, 0.1) is 27.7 Å². The first-order valence-corrected chi connectivity index (χ1v) is 11.2. The van der Waals surface area contributed by atoms with E-state index in [4.69, 9.17) is 11.6 Å². The molecule has 8 heteroatoms. The zero-order valence-electron chi connectivity index (χ0n) is 16.4. The molecule has 1 unspecified atom stereocenters. The van der Waals surface area contributed by atoms with Crippen LogP contribution >= 0.6 is 11.6 Å². The van der Waals surface area contributed by atoms with Crippen molar-refractivity contribution in [2.45, 2.75) is 17.7 Å². The van der Waals surface area contributed by atoms with E-state index in [9.17, 15) is 13.7 Å². The second kappa shape index (κ2) is 8.34. The van der Waals surface area contributed by atoms with E-state index in [1.165, 1.54) is 12.1 Å². The highest BCUT2D eigenvalue weighted by molar-refractivity contribution is 7.90. The van der Waals surface area contributed by atoms with Crippen LogP contribution in [-0.2, 0) is 10.0 Å². The van der Waals surface area contributed by atoms with Crippen molar-refractivity contribution in [3.8, 4) is 6.07 Å². The Morgan fingerprint density at radius 1 is 1.06 bits per heavy atom. The summed E-state index contributed by atoms with van der Waals surface area (Å²) < 4.78 is 30.2. The summed E-state index contributed by atoms with van der Waals surface area (Å²) in [4.78, 5) is 7.64. The lowest BCUT2D eigenvalue weighted by Gasteiger charge is -2.12. The summed E-state index contributed by atoms with van der Waals surface area (Å²) in [6.07, 6.45) is 0. The average molecular weight is 449 g/mol. The van der Waals surface area contributed by atoms with Gasteiger partial charge >= 0.3 is 0 Å². The van der Waals surface area contributed by atoms with E-state index < -0.39 is 15.9 Å². The average Bonchev–Trinajstić information content (AvgIpc) is 3.18. The zero-order chi connectivity index (χ0) is 22.0. The molecule has 0 bridgehead atoms. The smallest absolute Gasteiger partial charge is 0.282 e. The number of sulfonamides is 1. The molecule has 1 N–H and O–H groups in total. The van der Waals surface area contributed by atoms with Crippen molar-refractivity contribution in [2.75, 3.05) is 0 Å². The molecule has 154 valence electrons. The van der Waals surface area contributed by atoms with Gasteiger partial charge in [-0.1, -0.05) is 53.6 Å². The van der Waals surface area contributed by atoms with Crippen molar-refractivity contribution in [3.63, 3.8) is 0 Å². The fourth-order valence-electron chi connectivity index (χ4n) is 3.15. The molecule has 4 aromatic rings. The Labute approximate surface area is 184 Å². The van der Waals surface area contributed by atoms with E-state index >= 15 is 0 Å². The lowest BCUT2D eigenvalue weighted by atomic mass is 9.97. The lowest BCUT2D eigenvalue weighted by Crippen LogP contribution is -2.16. The Hall–Kier alpha value is -3.47. The molecule has 0 saturated heterocycles. The highest BCUT2D eigenvalue weighted by Gasteiger charge is 2.26. The van der Waals surface area contributed by atoms with Crippen LogP contribution in [0.5, 0.6) is 0 Å². The summed E-state index contributed by atoms with van der Waals surface area (Å²) in [5.74, 6) is -0.717. The molecule has 3 aromatic carbocycles. The van der Waals surface area contributed by atoms with Gasteiger partial charge in [0.25, 0.3) is 10.0 Å². The van der Waals surface area contributed by atoms with Gasteiger partial charge < -0.3 is 4.98 Å². The number of para-hydroxylation sites is 2. The van der Waals surface area contributed by atoms with E-state index in [2.05, 4.69) is 20.4 Å². The Morgan fingerprint density at radius 3 is 2.39 bits per heavy atom. The molecule has 0 radical (unpaired) electrons. The number of halogens is 1. The predicted octanol–water partition coefficient (Wildman–Crippen LogP) is 5.01. The van der Waals surface area contributed by atoms with Crippen molar-refractivity contribution in [2.24, 2.45) is 4.40 Å². The summed E-state index contributed by atoms with van der Waals surface area (Å²) in [7, 11) is -4.07. The minimum atomic E-state index is -4.07. The maximum Gasteiger partial charge on any atom is 0.282 e. The molecule has 0 aliphatic rings. The Balaban J connectivity index is 1.89. The van der Waals surface area contributed by atoms with Crippen LogP contribution in [0.15, 0.2) is 82.1 Å². The molecule has 0 saturated carbocycles. The van der Waals surface area contributed by atoms with E-state index in [1.807, 2.05) is 31.2 Å². The third-order valence-corrected chi connectivity index (χ3v) is 6.32. The number of aryl methyl sites for hydroxylation is 1. The molecule has 4 rings (SSSR count). The summed E-state index contributed by atoms with van der Waals surface area (Å²) in [5, 5.41) is 10.5. The van der Waals surface area contributed by atoms with Gasteiger partial charge in [0.1, 0.15) is 11.7 Å². The molecular formula is C23H17ClN4O2S. The normalized spacial score (nSPS) is 13.1. The summed E-state index contributed by atoms with van der Waals surface area (Å²) in [5.41, 5.74) is 2.88. The van der Waals surface area contributed by atoms with Gasteiger partial charge in [-0.3, -0.25) is 0 Å². The number of rotatable bonds is 5. The number of aromatic nitrogens is 2. The predicted molar refractivity (Wildman–Crippen MR) is 121 cm³/mol. The Bertz CT molecular complexity index is 1380. The highest BCUT2D eigenvalue weighted by Crippen LogP contribution is 2.25. The number of hydrogen-bond acceptors (Lipinski definition) is 4. The van der Waals surface area contributed by atoms with Crippen LogP contribution in [0, 0.1) is 18.3 Å². The van der Waals surface area contributed by atoms with Crippen molar-refractivity contribution in [1.82, 2.24) is 9.97 Å². The molecule has 0 spiro atoms. The molecule has 6 nitrogen and oxygen atoms in total. The number of H-pyrrole nitrogens is 1. The second-order valence-corrected chi connectivity index (χ2v) is 9.01. The fourth-order valence-corrected chi connectivity index (χ4v) is 4.33. The maximum absolute atomic E-state index is 13.1. The molecule has 1 heterocycles. The molecule has 0 amide bonds. The largest absolute Gasteiger partial charge is 0.341 e. The first-order valence-electron chi connectivity index (χ1n) is 9.39. The van der Waals surface area contributed by atoms with Crippen LogP contribution in [0.4, 0.5) is 0 Å². The van der Waals surface area contributed by atoms with Gasteiger partial charge in [0, 0.05) is 5.02 Å². The maximum atomic E-state index is 13.1. The van der Waals surface area contributed by atoms with E-state index in [0.29, 0.717) is 21.9 Å². The van der Waals surface area contributed by atoms with Crippen molar-refractivity contribution >= 4 is 38.4 Å². The van der Waals surface area contributed by atoms with Crippen molar-refractivity contribution < 1.29 is 8.42 Å². The van der Waals surface area contributed by atoms with E-state index in [0.717, 1.165) is 11.1 Å². The number of nitriles is 1. The summed E-state index contributed by atoms with van der Waals surface area (Å²) >= 11 is 6.00. The van der Waals surface area contributed by atoms with Crippen molar-refractivity contribution in [1.29, 1.82) is 5.26 Å². The quantitative estimate of drug-likeness (QED) is 0.434. The third-order valence-electron chi connectivity index (χ3n) is 4.76. The van der Waals surface area contributed by atoms with Crippen molar-refractivity contribution in [3.05, 3.63) is 94.8 Å². The SMILES string of the molecule is Cc1ccc(S(=O)(=O)N=C(c2ccc(Cl)cc2)C(C#N)c2nc3ccccc3[nH]2)cc1. The van der Waals surface area contributed by atoms with Gasteiger partial charge in [-0.15, -0.1) is 0 Å². The highest BCUT2D eigenvalue weighted by atomic mass is 35.5. The monoisotopic (exact) mass is 448 g/mol. The number of imidazole rings is 1. The topological polar surface area (TPSA) is 99.0 Å². The molecule has 0 aliphatic carbocycles. The fraction of sp³-hybridized carbons (Fsp3) is 0.0870. The van der Waals surface area contributed by atoms with Gasteiger partial charge in [-0.25, -0.2) is 4.98 Å². The molecule has 0 fully saturated rings. The van der Waals surface area contributed by atoms with Gasteiger partial charge in [0.2, 0.25) is 0 Å². The standard InChI is InChI=1S/C23H17ClN4O2S/c1-15-6-12-18(13-7-15)31(29,30)28-22(16-8-10-17(24)11-9-16)19(14-25)23-26-20-4-2-3-5-21(20)27-23/h2-13,19H,1H3,(H,26,27). The zero-order valence-corrected chi connectivity index (χ0v) is 18.0. The Morgan fingerprint density at radius 2 is 1.74 bits per heavy atom. The minimum absolute atomic E-state index is 0.0471. The molecule has 1 atom stereocenters. The van der Waals surface area contributed by atoms with Crippen LogP contribution in [0.25, 0.3) is 11.0 Å². The lowest BCUT2D eigenvalue weighted by molar-refractivity contribution is 0.598. The van der Waals surface area contributed by atoms with Crippen LogP contribution in [-0.4, -0.2) is 24.1 Å². The summed E-state index contributed by atoms with van der Waals surface area (Å²) in [6.45, 7) is 1.87. The van der Waals surface area contributed by atoms with Crippen LogP contribution in [0.1, 0.15) is 22.9 Å². The second-order valence-electron chi connectivity index (χ2n) is 6.97. The van der Waals surface area contributed by atoms with E-state index in [1.54, 1.807) is 36.4 Å². The number of fused-ring (bicyclic) bond motifs is 1. The third kappa shape index (κ3) is 4.36. The number of hydrogen-bond donors (Lipinski definition) is 1. The first-order chi connectivity index (χ1) is 14.9. The van der Waals surface area contributed by atoms with Gasteiger partial charge in [-0.05, 0) is 48.9 Å². The first kappa shape index (κ1) is 20.8. The van der Waals surface area contributed by atoms with Crippen LogP contribution < -0.4 is 0 Å². The van der Waals surface area contributed by atoms with Gasteiger partial charge in [0.15, 0.2) is 0 Å².